The van der Waals surface area contributed by atoms with Crippen LogP contribution in [0.3, 0.4) is 0 Å². The molecule has 7 nitrogen and oxygen atoms in total. The van der Waals surface area contributed by atoms with Crippen LogP contribution in [-0.4, -0.2) is 48.2 Å². The minimum Gasteiger partial charge on any atom is -0.534 e. The molecule has 26 heavy (non-hydrogen) atoms. The highest BCUT2D eigenvalue weighted by molar-refractivity contribution is 6.47. The number of fused-ring (bicyclic) bond motifs is 1. The number of hydrogen-bond acceptors (Lipinski definition) is 5. The van der Waals surface area contributed by atoms with Crippen LogP contribution in [0.5, 0.6) is 5.75 Å². The summed E-state index contributed by atoms with van der Waals surface area (Å²) in [5.41, 5.74) is 0.697. The van der Waals surface area contributed by atoms with Crippen molar-refractivity contribution in [1.29, 1.82) is 0 Å². The van der Waals surface area contributed by atoms with Crippen molar-refractivity contribution in [1.82, 2.24) is 10.6 Å². The molecule has 140 valence electrons. The Morgan fingerprint density at radius 1 is 1.27 bits per heavy atom. The zero-order valence-electron chi connectivity index (χ0n) is 14.9. The normalized spacial score (nSPS) is 25.2. The Labute approximate surface area is 153 Å². The molecule has 8 heteroatoms. The van der Waals surface area contributed by atoms with Crippen molar-refractivity contribution in [2.75, 3.05) is 7.05 Å². The van der Waals surface area contributed by atoms with Crippen molar-refractivity contribution in [2.24, 2.45) is 5.92 Å². The molecule has 0 radical (unpaired) electrons. The van der Waals surface area contributed by atoms with Crippen molar-refractivity contribution in [3.63, 3.8) is 0 Å². The molecule has 1 fully saturated rings. The molecule has 1 heterocycles. The highest BCUT2D eigenvalue weighted by Crippen LogP contribution is 2.30. The van der Waals surface area contributed by atoms with E-state index in [2.05, 4.69) is 10.6 Å². The summed E-state index contributed by atoms with van der Waals surface area (Å²) in [5, 5.41) is 25.6. The Balaban J connectivity index is 1.58. The van der Waals surface area contributed by atoms with Crippen molar-refractivity contribution in [2.45, 2.75) is 50.5 Å². The van der Waals surface area contributed by atoms with Crippen LogP contribution >= 0.6 is 0 Å². The topological polar surface area (TPSA) is 108 Å². The van der Waals surface area contributed by atoms with E-state index in [1.807, 2.05) is 7.05 Å². The average Bonchev–Trinajstić information content (AvgIpc) is 2.62. The summed E-state index contributed by atoms with van der Waals surface area (Å²) in [7, 11) is 0.711. The van der Waals surface area contributed by atoms with Crippen molar-refractivity contribution in [3.8, 4) is 5.75 Å². The van der Waals surface area contributed by atoms with Crippen molar-refractivity contribution < 1.29 is 24.4 Å². The van der Waals surface area contributed by atoms with E-state index in [4.69, 9.17) is 4.65 Å². The SMILES string of the molecule is CNC1CCC(CC(=O)N[C@H]2Cc3cccc(C(=O)O)c3OB2O)CC1. The number of rotatable bonds is 5. The standard InChI is InChI=1S/C18H25BN2O5/c1-20-13-7-5-11(6-8-13)9-16(22)21-15-10-12-3-2-4-14(18(23)24)17(12)26-19(15)25/h2-4,11,13,15,20,25H,5-10H2,1H3,(H,21,22)(H,23,24)/t11?,13?,15-/m0/s1. The number of aromatic carboxylic acids is 1. The van der Waals surface area contributed by atoms with Gasteiger partial charge in [-0.1, -0.05) is 12.1 Å². The van der Waals surface area contributed by atoms with Crippen LogP contribution in [0.25, 0.3) is 0 Å². The van der Waals surface area contributed by atoms with Gasteiger partial charge < -0.3 is 25.4 Å². The Morgan fingerprint density at radius 2 is 2.00 bits per heavy atom. The van der Waals surface area contributed by atoms with Gasteiger partial charge in [-0.15, -0.1) is 0 Å². The molecule has 0 aromatic heterocycles. The monoisotopic (exact) mass is 360 g/mol. The molecule has 0 spiro atoms. The van der Waals surface area contributed by atoms with Crippen LogP contribution in [0.4, 0.5) is 0 Å². The van der Waals surface area contributed by atoms with Gasteiger partial charge in [0, 0.05) is 12.5 Å². The van der Waals surface area contributed by atoms with Gasteiger partial charge in [0.05, 0.1) is 11.5 Å². The van der Waals surface area contributed by atoms with E-state index in [9.17, 15) is 19.7 Å². The van der Waals surface area contributed by atoms with Crippen LogP contribution in [-0.2, 0) is 11.2 Å². The molecule has 4 N–H and O–H groups in total. The molecule has 1 aliphatic carbocycles. The first-order chi connectivity index (χ1) is 12.5. The summed E-state index contributed by atoms with van der Waals surface area (Å²) < 4.78 is 5.41. The molecule has 2 aliphatic rings. The zero-order chi connectivity index (χ0) is 18.7. The lowest BCUT2D eigenvalue weighted by Crippen LogP contribution is -2.53. The first-order valence-corrected chi connectivity index (χ1v) is 9.14. The van der Waals surface area contributed by atoms with Crippen LogP contribution in [0.1, 0.15) is 48.0 Å². The van der Waals surface area contributed by atoms with Crippen LogP contribution in [0, 0.1) is 5.92 Å². The highest BCUT2D eigenvalue weighted by atomic mass is 16.5. The molecule has 0 bridgehead atoms. The first-order valence-electron chi connectivity index (χ1n) is 9.14. The maximum absolute atomic E-state index is 12.4. The number of carbonyl (C=O) groups is 2. The Bertz CT molecular complexity index is 676. The number of carboxylic acid groups (broad SMARTS) is 1. The molecule has 1 aromatic carbocycles. The van der Waals surface area contributed by atoms with Gasteiger partial charge in [0.25, 0.3) is 0 Å². The number of carbonyl (C=O) groups excluding carboxylic acids is 1. The maximum Gasteiger partial charge on any atom is 0.547 e. The van der Waals surface area contributed by atoms with E-state index < -0.39 is 19.0 Å². The third kappa shape index (κ3) is 4.19. The number of amides is 1. The second-order valence-corrected chi connectivity index (χ2v) is 7.20. The summed E-state index contributed by atoms with van der Waals surface area (Å²) in [5.74, 6) is -1.22. The fourth-order valence-corrected chi connectivity index (χ4v) is 3.90. The van der Waals surface area contributed by atoms with Gasteiger partial charge in [0.2, 0.25) is 5.91 Å². The number of nitrogens with one attached hydrogen (secondary N) is 2. The minimum absolute atomic E-state index is 0.0209. The number of hydrogen-bond donors (Lipinski definition) is 4. The Kier molecular flexibility index (Phi) is 5.83. The third-order valence-electron chi connectivity index (χ3n) is 5.43. The van der Waals surface area contributed by atoms with E-state index in [0.29, 0.717) is 30.4 Å². The van der Waals surface area contributed by atoms with Crippen molar-refractivity contribution in [3.05, 3.63) is 29.3 Å². The number of carboxylic acids is 1. The van der Waals surface area contributed by atoms with Crippen LogP contribution in [0.2, 0.25) is 0 Å². The minimum atomic E-state index is -1.26. The van der Waals surface area contributed by atoms with E-state index in [-0.39, 0.29) is 17.2 Å². The summed E-state index contributed by atoms with van der Waals surface area (Å²) in [6, 6.07) is 5.38. The second kappa shape index (κ2) is 8.10. The average molecular weight is 360 g/mol. The lowest BCUT2D eigenvalue weighted by Gasteiger charge is -2.30. The molecule has 1 amide bonds. The largest absolute Gasteiger partial charge is 0.547 e. The van der Waals surface area contributed by atoms with Crippen molar-refractivity contribution >= 4 is 19.0 Å². The predicted octanol–water partition coefficient (Wildman–Crippen LogP) is 0.992. The molecule has 0 unspecified atom stereocenters. The lowest BCUT2D eigenvalue weighted by atomic mass is 9.72. The molecular weight excluding hydrogens is 335 g/mol. The lowest BCUT2D eigenvalue weighted by molar-refractivity contribution is -0.122. The molecule has 1 aromatic rings. The summed E-state index contributed by atoms with van der Waals surface area (Å²) >= 11 is 0. The summed E-state index contributed by atoms with van der Waals surface area (Å²) in [4.78, 5) is 23.6. The van der Waals surface area contributed by atoms with E-state index in [1.54, 1.807) is 12.1 Å². The van der Waals surface area contributed by atoms with Gasteiger partial charge in [-0.3, -0.25) is 4.79 Å². The van der Waals surface area contributed by atoms with E-state index in [0.717, 1.165) is 25.7 Å². The van der Waals surface area contributed by atoms with Gasteiger partial charge in [0.15, 0.2) is 0 Å². The maximum atomic E-state index is 12.4. The highest BCUT2D eigenvalue weighted by Gasteiger charge is 2.38. The molecular formula is C18H25BN2O5. The van der Waals surface area contributed by atoms with E-state index in [1.165, 1.54) is 6.07 Å². The van der Waals surface area contributed by atoms with Gasteiger partial charge in [-0.2, -0.15) is 0 Å². The zero-order valence-corrected chi connectivity index (χ0v) is 14.9. The molecule has 1 atom stereocenters. The molecule has 1 saturated carbocycles. The van der Waals surface area contributed by atoms with Gasteiger partial charge >= 0.3 is 13.1 Å². The van der Waals surface area contributed by atoms with E-state index >= 15 is 0 Å². The summed E-state index contributed by atoms with van der Waals surface area (Å²) in [6.45, 7) is 0. The Hall–Kier alpha value is -2.06. The smallest absolute Gasteiger partial charge is 0.534 e. The van der Waals surface area contributed by atoms with Crippen LogP contribution < -0.4 is 15.3 Å². The van der Waals surface area contributed by atoms with Gasteiger partial charge in [-0.25, -0.2) is 4.79 Å². The fraction of sp³-hybridized carbons (Fsp3) is 0.556. The quantitative estimate of drug-likeness (QED) is 0.584. The number of benzene rings is 1. The summed E-state index contributed by atoms with van der Waals surface area (Å²) in [6.07, 6.45) is 4.99. The van der Waals surface area contributed by atoms with Gasteiger partial charge in [-0.05, 0) is 56.7 Å². The molecule has 3 rings (SSSR count). The number of para-hydroxylation sites is 1. The van der Waals surface area contributed by atoms with Gasteiger partial charge in [0.1, 0.15) is 5.75 Å². The predicted molar refractivity (Wildman–Crippen MR) is 97.1 cm³/mol. The molecule has 1 aliphatic heterocycles. The third-order valence-corrected chi connectivity index (χ3v) is 5.43. The first kappa shape index (κ1) is 18.7. The fourth-order valence-electron chi connectivity index (χ4n) is 3.90. The Morgan fingerprint density at radius 3 is 2.65 bits per heavy atom. The van der Waals surface area contributed by atoms with Crippen LogP contribution in [0.15, 0.2) is 18.2 Å². The molecule has 0 saturated heterocycles. The second-order valence-electron chi connectivity index (χ2n) is 7.20.